The molecule has 1 amide bonds. The smallest absolute Gasteiger partial charge is 0.423 e. The van der Waals surface area contributed by atoms with Crippen molar-refractivity contribution in [3.8, 4) is 0 Å². The SMILES string of the molecule is Cc1cc(F)ccc1C1C(C(=O)Nc2ccc(F)c(B(O)O)c2)OC(C)(C(F)(F)F)C1C. The number of rotatable bonds is 4. The molecule has 3 rings (SSSR count). The summed E-state index contributed by atoms with van der Waals surface area (Å²) in [6, 6.07) is 6.55. The lowest BCUT2D eigenvalue weighted by Gasteiger charge is -2.32. The molecule has 0 radical (unpaired) electrons. The summed E-state index contributed by atoms with van der Waals surface area (Å²) in [4.78, 5) is 13.0. The van der Waals surface area contributed by atoms with E-state index < -0.39 is 59.8 Å². The number of hydrogen-bond donors (Lipinski definition) is 3. The Bertz CT molecular complexity index is 1030. The van der Waals surface area contributed by atoms with Crippen molar-refractivity contribution in [2.75, 3.05) is 5.32 Å². The normalized spacial score (nSPS) is 25.6. The second-order valence-electron chi connectivity index (χ2n) is 8.06. The molecule has 2 aromatic rings. The fraction of sp³-hybridized carbons (Fsp3) is 0.381. The molecule has 1 heterocycles. The number of alkyl halides is 3. The van der Waals surface area contributed by atoms with Crippen molar-refractivity contribution >= 4 is 24.2 Å². The highest BCUT2D eigenvalue weighted by atomic mass is 19.4. The van der Waals surface area contributed by atoms with Crippen LogP contribution in [0.25, 0.3) is 0 Å². The van der Waals surface area contributed by atoms with Gasteiger partial charge in [0.15, 0.2) is 5.60 Å². The highest BCUT2D eigenvalue weighted by molar-refractivity contribution is 6.58. The molecule has 0 saturated carbocycles. The Balaban J connectivity index is 2.01. The average Bonchev–Trinajstić information content (AvgIpc) is 2.96. The topological polar surface area (TPSA) is 78.8 Å². The quantitative estimate of drug-likeness (QED) is 0.488. The van der Waals surface area contributed by atoms with Gasteiger partial charge in [0.1, 0.15) is 17.7 Å². The van der Waals surface area contributed by atoms with Gasteiger partial charge in [-0.3, -0.25) is 4.79 Å². The van der Waals surface area contributed by atoms with E-state index in [1.54, 1.807) is 0 Å². The molecule has 1 fully saturated rings. The number of hydrogen-bond acceptors (Lipinski definition) is 4. The Morgan fingerprint density at radius 3 is 2.38 bits per heavy atom. The summed E-state index contributed by atoms with van der Waals surface area (Å²) in [5.41, 5.74) is -2.55. The van der Waals surface area contributed by atoms with Crippen LogP contribution in [0.3, 0.4) is 0 Å². The maximum atomic E-state index is 13.9. The molecule has 4 unspecified atom stereocenters. The first-order valence-corrected chi connectivity index (χ1v) is 9.73. The molecule has 0 aliphatic carbocycles. The number of carbonyl (C=O) groups excluding carboxylic acids is 1. The zero-order chi connectivity index (χ0) is 24.0. The molecule has 3 N–H and O–H groups in total. The molecule has 1 aliphatic heterocycles. The van der Waals surface area contributed by atoms with Crippen molar-refractivity contribution < 1.29 is 41.5 Å². The molecule has 32 heavy (non-hydrogen) atoms. The van der Waals surface area contributed by atoms with Gasteiger partial charge in [0.2, 0.25) is 0 Å². The number of benzene rings is 2. The molecule has 4 atom stereocenters. The van der Waals surface area contributed by atoms with Gasteiger partial charge in [0.05, 0.1) is 0 Å². The summed E-state index contributed by atoms with van der Waals surface area (Å²) in [7, 11) is -2.15. The summed E-state index contributed by atoms with van der Waals surface area (Å²) in [6.45, 7) is 3.69. The molecule has 172 valence electrons. The lowest BCUT2D eigenvalue weighted by atomic mass is 9.76. The summed E-state index contributed by atoms with van der Waals surface area (Å²) in [5.74, 6) is -4.72. The Morgan fingerprint density at radius 2 is 1.81 bits per heavy atom. The van der Waals surface area contributed by atoms with Crippen LogP contribution in [0.1, 0.15) is 30.9 Å². The van der Waals surface area contributed by atoms with E-state index in [1.807, 2.05) is 0 Å². The van der Waals surface area contributed by atoms with Crippen LogP contribution in [0.4, 0.5) is 27.6 Å². The number of carbonyl (C=O) groups is 1. The van der Waals surface area contributed by atoms with Gasteiger partial charge >= 0.3 is 13.3 Å². The molecule has 5 nitrogen and oxygen atoms in total. The fourth-order valence-electron chi connectivity index (χ4n) is 4.07. The van der Waals surface area contributed by atoms with Crippen LogP contribution in [0.15, 0.2) is 36.4 Å². The highest BCUT2D eigenvalue weighted by Crippen LogP contribution is 2.53. The number of nitrogens with one attached hydrogen (secondary N) is 1. The van der Waals surface area contributed by atoms with Gasteiger partial charge in [-0.2, -0.15) is 13.2 Å². The fourth-order valence-corrected chi connectivity index (χ4v) is 4.07. The van der Waals surface area contributed by atoms with E-state index in [2.05, 4.69) is 5.32 Å². The average molecular weight is 457 g/mol. The maximum Gasteiger partial charge on any atom is 0.491 e. The summed E-state index contributed by atoms with van der Waals surface area (Å²) < 4.78 is 74.2. The minimum atomic E-state index is -4.79. The molecule has 0 bridgehead atoms. The Kier molecular flexibility index (Phi) is 6.38. The largest absolute Gasteiger partial charge is 0.491 e. The first kappa shape index (κ1) is 24.2. The highest BCUT2D eigenvalue weighted by Gasteiger charge is 2.65. The minimum Gasteiger partial charge on any atom is -0.423 e. The second kappa shape index (κ2) is 8.45. The molecule has 0 aromatic heterocycles. The number of halogens is 5. The molecule has 11 heteroatoms. The van der Waals surface area contributed by atoms with E-state index >= 15 is 0 Å². The first-order chi connectivity index (χ1) is 14.8. The van der Waals surface area contributed by atoms with Gasteiger partial charge in [-0.25, -0.2) is 8.78 Å². The van der Waals surface area contributed by atoms with Gasteiger partial charge in [0, 0.05) is 23.0 Å². The third-order valence-corrected chi connectivity index (χ3v) is 6.06. The summed E-state index contributed by atoms with van der Waals surface area (Å²) in [5, 5.41) is 20.8. The van der Waals surface area contributed by atoms with Crippen LogP contribution in [0, 0.1) is 24.5 Å². The van der Waals surface area contributed by atoms with Crippen LogP contribution in [0.5, 0.6) is 0 Å². The third-order valence-electron chi connectivity index (χ3n) is 6.06. The summed E-state index contributed by atoms with van der Waals surface area (Å²) >= 11 is 0. The van der Waals surface area contributed by atoms with Gasteiger partial charge in [-0.05, 0) is 55.3 Å². The van der Waals surface area contributed by atoms with Crippen molar-refractivity contribution in [2.24, 2.45) is 5.92 Å². The van der Waals surface area contributed by atoms with Crippen molar-refractivity contribution in [1.82, 2.24) is 0 Å². The van der Waals surface area contributed by atoms with Gasteiger partial charge in [-0.15, -0.1) is 0 Å². The monoisotopic (exact) mass is 457 g/mol. The molecule has 2 aromatic carbocycles. The summed E-state index contributed by atoms with van der Waals surface area (Å²) in [6.07, 6.45) is -6.40. The molecular formula is C21H21BF5NO4. The van der Waals surface area contributed by atoms with Gasteiger partial charge < -0.3 is 20.1 Å². The predicted molar refractivity (Wildman–Crippen MR) is 107 cm³/mol. The Hall–Kier alpha value is -2.50. The van der Waals surface area contributed by atoms with E-state index in [0.29, 0.717) is 11.1 Å². The lowest BCUT2D eigenvalue weighted by molar-refractivity contribution is -0.272. The van der Waals surface area contributed by atoms with Crippen LogP contribution < -0.4 is 10.8 Å². The minimum absolute atomic E-state index is 0.0639. The molecule has 0 spiro atoms. The second-order valence-corrected chi connectivity index (χ2v) is 8.06. The molecule has 1 aliphatic rings. The molecule has 1 saturated heterocycles. The van der Waals surface area contributed by atoms with E-state index in [9.17, 15) is 36.8 Å². The number of aryl methyl sites for hydroxylation is 1. The Labute approximate surface area is 181 Å². The van der Waals surface area contributed by atoms with Gasteiger partial charge in [0.25, 0.3) is 5.91 Å². The van der Waals surface area contributed by atoms with Crippen molar-refractivity contribution in [1.29, 1.82) is 0 Å². The lowest BCUT2D eigenvalue weighted by Crippen LogP contribution is -2.47. The van der Waals surface area contributed by atoms with Crippen LogP contribution >= 0.6 is 0 Å². The van der Waals surface area contributed by atoms with Gasteiger partial charge in [-0.1, -0.05) is 13.0 Å². The van der Waals surface area contributed by atoms with Crippen LogP contribution in [0.2, 0.25) is 0 Å². The molecular weight excluding hydrogens is 436 g/mol. The van der Waals surface area contributed by atoms with E-state index in [0.717, 1.165) is 37.3 Å². The number of amides is 1. The van der Waals surface area contributed by atoms with Crippen LogP contribution in [-0.4, -0.2) is 41.0 Å². The van der Waals surface area contributed by atoms with Crippen molar-refractivity contribution in [3.63, 3.8) is 0 Å². The number of anilines is 1. The standard InChI is InChI=1S/C21H21BF5NO4/c1-10-8-12(23)4-6-14(10)17-11(2)20(3,21(25,26)27)32-18(17)19(29)28-13-5-7-16(24)15(9-13)22(30)31/h4-9,11,17-18,30-31H,1-3H3,(H,28,29). The zero-order valence-corrected chi connectivity index (χ0v) is 17.4. The van der Waals surface area contributed by atoms with E-state index in [-0.39, 0.29) is 5.69 Å². The maximum absolute atomic E-state index is 13.9. The Morgan fingerprint density at radius 1 is 1.16 bits per heavy atom. The van der Waals surface area contributed by atoms with Crippen molar-refractivity contribution in [2.45, 2.75) is 44.6 Å². The van der Waals surface area contributed by atoms with E-state index in [1.165, 1.54) is 19.9 Å². The predicted octanol–water partition coefficient (Wildman–Crippen LogP) is 3.03. The number of ether oxygens (including phenoxy) is 1. The van der Waals surface area contributed by atoms with Crippen LogP contribution in [-0.2, 0) is 9.53 Å². The third kappa shape index (κ3) is 4.24. The van der Waals surface area contributed by atoms with Crippen molar-refractivity contribution in [3.05, 3.63) is 59.2 Å². The zero-order valence-electron chi connectivity index (χ0n) is 17.4. The van der Waals surface area contributed by atoms with E-state index in [4.69, 9.17) is 4.74 Å². The first-order valence-electron chi connectivity index (χ1n) is 9.73.